The summed E-state index contributed by atoms with van der Waals surface area (Å²) in [5.41, 5.74) is -0.468. The summed E-state index contributed by atoms with van der Waals surface area (Å²) in [5, 5.41) is 0. The van der Waals surface area contributed by atoms with Gasteiger partial charge in [-0.05, 0) is 26.0 Å². The first kappa shape index (κ1) is 14.4. The van der Waals surface area contributed by atoms with Crippen LogP contribution in [0.1, 0.15) is 19.6 Å². The van der Waals surface area contributed by atoms with Gasteiger partial charge in [0.1, 0.15) is 5.76 Å². The predicted molar refractivity (Wildman–Crippen MR) is 75.1 cm³/mol. The highest BCUT2D eigenvalue weighted by atomic mass is 35.5. The molecule has 0 unspecified atom stereocenters. The second kappa shape index (κ2) is 5.97. The van der Waals surface area contributed by atoms with E-state index in [0.717, 1.165) is 38.5 Å². The van der Waals surface area contributed by atoms with E-state index in [2.05, 4.69) is 4.90 Å². The topological polar surface area (TPSA) is 36.7 Å². The summed E-state index contributed by atoms with van der Waals surface area (Å²) in [7, 11) is 0. The summed E-state index contributed by atoms with van der Waals surface area (Å²) in [5.74, 6) is 1.49. The molecule has 2 heterocycles. The molecule has 0 atom stereocenters. The van der Waals surface area contributed by atoms with Crippen molar-refractivity contribution in [1.29, 1.82) is 0 Å². The minimum atomic E-state index is -0.468. The first-order valence-corrected chi connectivity index (χ1v) is 7.16. The van der Waals surface area contributed by atoms with Crippen LogP contribution in [0.5, 0.6) is 0 Å². The summed E-state index contributed by atoms with van der Waals surface area (Å²) >= 11 is 5.86. The molecular weight excluding hydrogens is 264 g/mol. The summed E-state index contributed by atoms with van der Waals surface area (Å²) in [4.78, 5) is 16.5. The standard InChI is InChI=1S/C14H21ClN2O2/c1-14(2,11-15)13(18)17-7-5-16(6-8-17)10-12-4-3-9-19-12/h3-4,9H,5-8,10-11H2,1-2H3. The fourth-order valence-electron chi connectivity index (χ4n) is 2.22. The lowest BCUT2D eigenvalue weighted by atomic mass is 9.94. The SMILES string of the molecule is CC(C)(CCl)C(=O)N1CCN(Cc2ccco2)CC1. The highest BCUT2D eigenvalue weighted by Gasteiger charge is 2.32. The Morgan fingerprint density at radius 2 is 2.05 bits per heavy atom. The molecule has 1 saturated heterocycles. The van der Waals surface area contributed by atoms with Crippen LogP contribution < -0.4 is 0 Å². The fourth-order valence-corrected chi connectivity index (χ4v) is 2.33. The largest absolute Gasteiger partial charge is 0.468 e. The van der Waals surface area contributed by atoms with Crippen molar-refractivity contribution in [2.24, 2.45) is 5.41 Å². The van der Waals surface area contributed by atoms with Crippen LogP contribution in [0.3, 0.4) is 0 Å². The van der Waals surface area contributed by atoms with Gasteiger partial charge in [-0.1, -0.05) is 0 Å². The van der Waals surface area contributed by atoms with Gasteiger partial charge in [-0.25, -0.2) is 0 Å². The van der Waals surface area contributed by atoms with Crippen molar-refractivity contribution in [1.82, 2.24) is 9.80 Å². The zero-order valence-electron chi connectivity index (χ0n) is 11.6. The van der Waals surface area contributed by atoms with Crippen molar-refractivity contribution in [3.8, 4) is 0 Å². The van der Waals surface area contributed by atoms with Crippen LogP contribution in [0.2, 0.25) is 0 Å². The van der Waals surface area contributed by atoms with Crippen molar-refractivity contribution in [3.63, 3.8) is 0 Å². The number of nitrogens with zero attached hydrogens (tertiary/aromatic N) is 2. The highest BCUT2D eigenvalue weighted by Crippen LogP contribution is 2.22. The van der Waals surface area contributed by atoms with Gasteiger partial charge in [0, 0.05) is 32.1 Å². The van der Waals surface area contributed by atoms with Crippen LogP contribution in [-0.2, 0) is 11.3 Å². The van der Waals surface area contributed by atoms with Crippen LogP contribution in [0.25, 0.3) is 0 Å². The number of halogens is 1. The molecule has 1 aromatic rings. The van der Waals surface area contributed by atoms with Crippen LogP contribution in [0.15, 0.2) is 22.8 Å². The van der Waals surface area contributed by atoms with Gasteiger partial charge in [0.15, 0.2) is 0 Å². The van der Waals surface area contributed by atoms with Gasteiger partial charge < -0.3 is 9.32 Å². The number of hydrogen-bond acceptors (Lipinski definition) is 3. The third-order valence-electron chi connectivity index (χ3n) is 3.53. The number of carbonyl (C=O) groups excluding carboxylic acids is 1. The van der Waals surface area contributed by atoms with E-state index in [4.69, 9.17) is 16.0 Å². The van der Waals surface area contributed by atoms with Crippen molar-refractivity contribution >= 4 is 17.5 Å². The summed E-state index contributed by atoms with van der Waals surface area (Å²) in [6, 6.07) is 3.88. The number of carbonyl (C=O) groups is 1. The normalized spacial score (nSPS) is 17.7. The molecule has 106 valence electrons. The highest BCUT2D eigenvalue weighted by molar-refractivity contribution is 6.19. The van der Waals surface area contributed by atoms with Crippen LogP contribution in [0.4, 0.5) is 0 Å². The zero-order chi connectivity index (χ0) is 13.9. The first-order chi connectivity index (χ1) is 9.03. The zero-order valence-corrected chi connectivity index (χ0v) is 12.3. The lowest BCUT2D eigenvalue weighted by molar-refractivity contribution is -0.141. The lowest BCUT2D eigenvalue weighted by Gasteiger charge is -2.37. The number of amides is 1. The molecule has 1 fully saturated rings. The van der Waals surface area contributed by atoms with Crippen LogP contribution in [0, 0.1) is 5.41 Å². The Bertz CT molecular complexity index is 409. The fraction of sp³-hybridized carbons (Fsp3) is 0.643. The molecule has 0 radical (unpaired) electrons. The van der Waals surface area contributed by atoms with E-state index in [-0.39, 0.29) is 5.91 Å². The van der Waals surface area contributed by atoms with Gasteiger partial charge in [0.2, 0.25) is 5.91 Å². The molecule has 5 heteroatoms. The molecule has 0 bridgehead atoms. The van der Waals surface area contributed by atoms with E-state index in [0.29, 0.717) is 5.88 Å². The predicted octanol–water partition coefficient (Wildman–Crippen LogP) is 2.19. The maximum Gasteiger partial charge on any atom is 0.229 e. The molecule has 1 aliphatic heterocycles. The average Bonchev–Trinajstić information content (AvgIpc) is 2.91. The summed E-state index contributed by atoms with van der Waals surface area (Å²) in [6.45, 7) is 7.90. The Kier molecular flexibility index (Phi) is 4.53. The van der Waals surface area contributed by atoms with Crippen LogP contribution in [-0.4, -0.2) is 47.8 Å². The van der Waals surface area contributed by atoms with Gasteiger partial charge in [-0.3, -0.25) is 9.69 Å². The molecule has 0 aromatic carbocycles. The molecule has 0 spiro atoms. The van der Waals surface area contributed by atoms with Gasteiger partial charge in [-0.15, -0.1) is 11.6 Å². The van der Waals surface area contributed by atoms with Crippen molar-refractivity contribution < 1.29 is 9.21 Å². The smallest absolute Gasteiger partial charge is 0.229 e. The number of furan rings is 1. The molecule has 4 nitrogen and oxygen atoms in total. The minimum Gasteiger partial charge on any atom is -0.468 e. The maximum atomic E-state index is 12.3. The first-order valence-electron chi connectivity index (χ1n) is 6.63. The second-order valence-corrected chi connectivity index (χ2v) is 5.93. The molecule has 19 heavy (non-hydrogen) atoms. The quantitative estimate of drug-likeness (QED) is 0.795. The van der Waals surface area contributed by atoms with Crippen molar-refractivity contribution in [2.45, 2.75) is 20.4 Å². The van der Waals surface area contributed by atoms with E-state index in [1.807, 2.05) is 30.9 Å². The Balaban J connectivity index is 1.84. The number of hydrogen-bond donors (Lipinski definition) is 0. The van der Waals surface area contributed by atoms with E-state index in [1.165, 1.54) is 0 Å². The molecular formula is C14H21ClN2O2. The number of alkyl halides is 1. The Morgan fingerprint density at radius 1 is 1.37 bits per heavy atom. The lowest BCUT2D eigenvalue weighted by Crippen LogP contribution is -2.52. The minimum absolute atomic E-state index is 0.153. The molecule has 0 saturated carbocycles. The molecule has 0 N–H and O–H groups in total. The summed E-state index contributed by atoms with van der Waals surface area (Å²) in [6.07, 6.45) is 1.69. The van der Waals surface area contributed by atoms with Crippen molar-refractivity contribution in [2.75, 3.05) is 32.1 Å². The summed E-state index contributed by atoms with van der Waals surface area (Å²) < 4.78 is 5.34. The third kappa shape index (κ3) is 3.51. The van der Waals surface area contributed by atoms with Gasteiger partial charge in [0.05, 0.1) is 18.2 Å². The van der Waals surface area contributed by atoms with E-state index < -0.39 is 5.41 Å². The molecule has 1 aromatic heterocycles. The Morgan fingerprint density at radius 3 is 2.58 bits per heavy atom. The average molecular weight is 285 g/mol. The second-order valence-electron chi connectivity index (χ2n) is 5.67. The number of piperazine rings is 1. The van der Waals surface area contributed by atoms with Gasteiger partial charge in [-0.2, -0.15) is 0 Å². The monoisotopic (exact) mass is 284 g/mol. The van der Waals surface area contributed by atoms with Crippen molar-refractivity contribution in [3.05, 3.63) is 24.2 Å². The number of rotatable bonds is 4. The Labute approximate surface area is 119 Å². The maximum absolute atomic E-state index is 12.3. The van der Waals surface area contributed by atoms with Gasteiger partial charge in [0.25, 0.3) is 0 Å². The van der Waals surface area contributed by atoms with Crippen LogP contribution >= 0.6 is 11.6 Å². The Hall–Kier alpha value is -1.00. The van der Waals surface area contributed by atoms with E-state index in [1.54, 1.807) is 6.26 Å². The van der Waals surface area contributed by atoms with E-state index >= 15 is 0 Å². The molecule has 0 aliphatic carbocycles. The third-order valence-corrected chi connectivity index (χ3v) is 4.20. The van der Waals surface area contributed by atoms with E-state index in [9.17, 15) is 4.79 Å². The molecule has 1 amide bonds. The molecule has 2 rings (SSSR count). The van der Waals surface area contributed by atoms with Gasteiger partial charge >= 0.3 is 0 Å². The molecule has 1 aliphatic rings.